The first-order valence-corrected chi connectivity index (χ1v) is 22.8. The number of nitrogens with zero attached hydrogens (tertiary/aromatic N) is 6. The van der Waals surface area contributed by atoms with E-state index in [1.165, 1.54) is 50.4 Å². The van der Waals surface area contributed by atoms with E-state index in [-0.39, 0.29) is 0 Å². The van der Waals surface area contributed by atoms with Gasteiger partial charge in [-0.1, -0.05) is 72.8 Å². The average Bonchev–Trinajstić information content (AvgIpc) is 3.30. The van der Waals surface area contributed by atoms with Gasteiger partial charge in [-0.2, -0.15) is 0 Å². The Balaban J connectivity index is 1.91. The predicted octanol–water partition coefficient (Wildman–Crippen LogP) is 11.8. The lowest BCUT2D eigenvalue weighted by atomic mass is 9.47. The van der Waals surface area contributed by atoms with E-state index >= 15 is 0 Å². The van der Waals surface area contributed by atoms with Crippen LogP contribution in [0.3, 0.4) is 0 Å². The highest BCUT2D eigenvalue weighted by molar-refractivity contribution is 5.72. The molecule has 0 aliphatic carbocycles. The van der Waals surface area contributed by atoms with Gasteiger partial charge in [-0.05, 0) is 148 Å². The number of benzene rings is 6. The van der Waals surface area contributed by atoms with E-state index < -0.39 is 10.8 Å². The first-order valence-electron chi connectivity index (χ1n) is 22.8. The van der Waals surface area contributed by atoms with Gasteiger partial charge in [-0.3, -0.25) is 0 Å². The summed E-state index contributed by atoms with van der Waals surface area (Å²) in [6.45, 7) is 19.1. The van der Waals surface area contributed by atoms with Crippen molar-refractivity contribution in [2.45, 2.75) is 52.4 Å². The standard InChI is InChI=1S/C56H72N6/c1-13-60(14-2)52-37-25-46(26-38-52)56(47-27-39-53(40-28-47)61(15-3)16-4,48-29-41-54(42-30-48)62(17-5)18-6)55(43-19-31-49(32-20-43)57(7)8,44-21-33-50(34-22-44)58(9)10)45-23-35-51(36-24-45)59(11)12/h19-42H,13-18H2,1-12H3. The van der Waals surface area contributed by atoms with E-state index in [4.69, 9.17) is 0 Å². The third-order valence-corrected chi connectivity index (χ3v) is 13.3. The van der Waals surface area contributed by atoms with Crippen molar-refractivity contribution < 1.29 is 0 Å². The fourth-order valence-electron chi connectivity index (χ4n) is 9.86. The van der Waals surface area contributed by atoms with Crippen LogP contribution in [0.25, 0.3) is 0 Å². The van der Waals surface area contributed by atoms with Crippen LogP contribution in [0, 0.1) is 0 Å². The minimum absolute atomic E-state index is 0.808. The summed E-state index contributed by atoms with van der Waals surface area (Å²) >= 11 is 0. The second-order valence-corrected chi connectivity index (χ2v) is 17.0. The maximum absolute atomic E-state index is 2.44. The van der Waals surface area contributed by atoms with Crippen molar-refractivity contribution in [1.82, 2.24) is 0 Å². The van der Waals surface area contributed by atoms with Crippen LogP contribution in [0.15, 0.2) is 146 Å². The van der Waals surface area contributed by atoms with Crippen LogP contribution in [-0.4, -0.2) is 81.6 Å². The molecule has 0 N–H and O–H groups in total. The Morgan fingerprint density at radius 3 is 0.516 bits per heavy atom. The van der Waals surface area contributed by atoms with Crippen molar-refractivity contribution in [3.63, 3.8) is 0 Å². The van der Waals surface area contributed by atoms with Gasteiger partial charge in [-0.15, -0.1) is 0 Å². The molecule has 0 spiro atoms. The van der Waals surface area contributed by atoms with Crippen LogP contribution in [0.4, 0.5) is 34.1 Å². The van der Waals surface area contributed by atoms with Crippen molar-refractivity contribution >= 4 is 34.1 Å². The molecule has 0 heterocycles. The minimum atomic E-state index is -0.808. The summed E-state index contributed by atoms with van der Waals surface area (Å²) in [5.41, 5.74) is 12.9. The van der Waals surface area contributed by atoms with E-state index in [1.807, 2.05) is 0 Å². The van der Waals surface area contributed by atoms with E-state index in [2.05, 4.69) is 259 Å². The van der Waals surface area contributed by atoms with Gasteiger partial charge in [0.15, 0.2) is 0 Å². The van der Waals surface area contributed by atoms with Crippen LogP contribution in [0.5, 0.6) is 0 Å². The fraction of sp³-hybridized carbons (Fsp3) is 0.357. The molecule has 6 nitrogen and oxygen atoms in total. The van der Waals surface area contributed by atoms with E-state index in [0.717, 1.165) is 56.3 Å². The SMILES string of the molecule is CCN(CC)c1ccc(C(c2ccc(N(CC)CC)cc2)(c2ccc(N(CC)CC)cc2)C(c2ccc(N(C)C)cc2)(c2ccc(N(C)C)cc2)c2ccc(N(C)C)cc2)cc1. The van der Waals surface area contributed by atoms with Gasteiger partial charge < -0.3 is 29.4 Å². The highest BCUT2D eigenvalue weighted by Gasteiger charge is 2.58. The van der Waals surface area contributed by atoms with E-state index in [1.54, 1.807) is 0 Å². The molecule has 0 bridgehead atoms. The Morgan fingerprint density at radius 1 is 0.242 bits per heavy atom. The Kier molecular flexibility index (Phi) is 14.6. The lowest BCUT2D eigenvalue weighted by Crippen LogP contribution is -2.53. The molecular formula is C56H72N6. The normalized spacial score (nSPS) is 11.6. The molecule has 6 aromatic rings. The highest BCUT2D eigenvalue weighted by atomic mass is 15.1. The molecule has 0 aromatic heterocycles. The average molecular weight is 829 g/mol. The number of anilines is 6. The lowest BCUT2D eigenvalue weighted by Gasteiger charge is -2.54. The Hall–Kier alpha value is -5.88. The Bertz CT molecular complexity index is 2000. The van der Waals surface area contributed by atoms with Crippen molar-refractivity contribution in [2.75, 3.05) is 111 Å². The molecule has 6 aromatic carbocycles. The molecule has 0 radical (unpaired) electrons. The molecule has 6 heteroatoms. The Labute approximate surface area is 375 Å². The molecular weight excluding hydrogens is 757 g/mol. The summed E-state index contributed by atoms with van der Waals surface area (Å²) in [7, 11) is 12.7. The first kappa shape index (κ1) is 45.6. The fourth-order valence-corrected chi connectivity index (χ4v) is 9.86. The quantitative estimate of drug-likeness (QED) is 0.0752. The molecule has 0 atom stereocenters. The van der Waals surface area contributed by atoms with Gasteiger partial charge in [-0.25, -0.2) is 0 Å². The smallest absolute Gasteiger partial charge is 0.0629 e. The summed E-state index contributed by atoms with van der Waals surface area (Å²) in [4.78, 5) is 13.9. The van der Waals surface area contributed by atoms with Crippen LogP contribution in [0.2, 0.25) is 0 Å². The third-order valence-electron chi connectivity index (χ3n) is 13.3. The predicted molar refractivity (Wildman–Crippen MR) is 272 cm³/mol. The van der Waals surface area contributed by atoms with Crippen molar-refractivity contribution in [2.24, 2.45) is 0 Å². The number of rotatable bonds is 19. The molecule has 0 unspecified atom stereocenters. The van der Waals surface area contributed by atoms with Gasteiger partial charge in [0.05, 0.1) is 10.8 Å². The molecule has 0 amide bonds. The lowest BCUT2D eigenvalue weighted by molar-refractivity contribution is 0.419. The Morgan fingerprint density at radius 2 is 0.387 bits per heavy atom. The number of hydrogen-bond acceptors (Lipinski definition) is 6. The molecule has 0 saturated heterocycles. The zero-order chi connectivity index (χ0) is 44.6. The van der Waals surface area contributed by atoms with Crippen molar-refractivity contribution in [3.05, 3.63) is 179 Å². The number of hydrogen-bond donors (Lipinski definition) is 0. The van der Waals surface area contributed by atoms with Gasteiger partial charge in [0.25, 0.3) is 0 Å². The van der Waals surface area contributed by atoms with Gasteiger partial charge in [0.2, 0.25) is 0 Å². The maximum atomic E-state index is 2.44. The third kappa shape index (κ3) is 8.36. The molecule has 0 fully saturated rings. The summed E-state index contributed by atoms with van der Waals surface area (Å²) in [5.74, 6) is 0. The minimum Gasteiger partial charge on any atom is -0.378 e. The first-order chi connectivity index (χ1) is 29.9. The monoisotopic (exact) mass is 829 g/mol. The van der Waals surface area contributed by atoms with E-state index in [0.29, 0.717) is 0 Å². The topological polar surface area (TPSA) is 19.4 Å². The molecule has 326 valence electrons. The molecule has 0 aliphatic rings. The molecule has 0 aliphatic heterocycles. The van der Waals surface area contributed by atoms with Crippen molar-refractivity contribution in [1.29, 1.82) is 0 Å². The largest absolute Gasteiger partial charge is 0.378 e. The van der Waals surface area contributed by atoms with Crippen LogP contribution >= 0.6 is 0 Å². The second-order valence-electron chi connectivity index (χ2n) is 17.0. The zero-order valence-electron chi connectivity index (χ0n) is 39.8. The van der Waals surface area contributed by atoms with Crippen LogP contribution < -0.4 is 29.4 Å². The molecule has 0 saturated carbocycles. The zero-order valence-corrected chi connectivity index (χ0v) is 39.8. The molecule has 6 rings (SSSR count). The van der Waals surface area contributed by atoms with Gasteiger partial charge in [0.1, 0.15) is 0 Å². The summed E-state index contributed by atoms with van der Waals surface area (Å²) in [6.07, 6.45) is 0. The van der Waals surface area contributed by atoms with Crippen LogP contribution in [-0.2, 0) is 10.8 Å². The highest BCUT2D eigenvalue weighted by Crippen LogP contribution is 2.60. The molecule has 62 heavy (non-hydrogen) atoms. The van der Waals surface area contributed by atoms with Gasteiger partial charge in [0, 0.05) is 116 Å². The van der Waals surface area contributed by atoms with Crippen molar-refractivity contribution in [3.8, 4) is 0 Å². The maximum Gasteiger partial charge on any atom is 0.0629 e. The van der Waals surface area contributed by atoms with E-state index in [9.17, 15) is 0 Å². The summed E-state index contributed by atoms with van der Waals surface area (Å²) in [5, 5.41) is 0. The van der Waals surface area contributed by atoms with Crippen LogP contribution in [0.1, 0.15) is 74.9 Å². The second kappa shape index (κ2) is 19.9. The summed E-state index contributed by atoms with van der Waals surface area (Å²) in [6, 6.07) is 56.8. The summed E-state index contributed by atoms with van der Waals surface area (Å²) < 4.78 is 0. The van der Waals surface area contributed by atoms with Gasteiger partial charge >= 0.3 is 0 Å².